The predicted octanol–water partition coefficient (Wildman–Crippen LogP) is 2.23. The largest absolute Gasteiger partial charge is 0.481 e. The molecule has 10 heteroatoms. The first-order valence-corrected chi connectivity index (χ1v) is 7.16. The number of nitrogens with zero attached hydrogens (tertiary/aromatic N) is 1. The summed E-state index contributed by atoms with van der Waals surface area (Å²) in [6, 6.07) is 8.79. The number of hydrazine groups is 1. The molecule has 0 aliphatic rings. The predicted molar refractivity (Wildman–Crippen MR) is 85.6 cm³/mol. The molecule has 130 valence electrons. The van der Waals surface area contributed by atoms with Crippen LogP contribution in [-0.2, 0) is 4.79 Å². The SMILES string of the molecule is O=C(COc1ccccc1F)NNC(=O)c1ccc([N+](=O)[O-])cc1Cl. The van der Waals surface area contributed by atoms with E-state index in [-0.39, 0.29) is 22.0 Å². The summed E-state index contributed by atoms with van der Waals surface area (Å²) >= 11 is 5.80. The standard InChI is InChI=1S/C15H11ClFN3O5/c16-11-7-9(20(23)24)5-6-10(11)15(22)19-18-14(21)8-25-13-4-2-1-3-12(13)17/h1-7H,8H2,(H,18,21)(H,19,22). The number of nitro benzene ring substituents is 1. The molecule has 2 N–H and O–H groups in total. The highest BCUT2D eigenvalue weighted by Gasteiger charge is 2.15. The van der Waals surface area contributed by atoms with Crippen LogP contribution < -0.4 is 15.6 Å². The number of para-hydroxylation sites is 1. The van der Waals surface area contributed by atoms with E-state index in [2.05, 4.69) is 10.9 Å². The highest BCUT2D eigenvalue weighted by Crippen LogP contribution is 2.22. The molecule has 0 heterocycles. The molecule has 0 aromatic heterocycles. The van der Waals surface area contributed by atoms with E-state index < -0.39 is 29.2 Å². The Morgan fingerprint density at radius 1 is 1.20 bits per heavy atom. The second kappa shape index (κ2) is 8.06. The first-order valence-electron chi connectivity index (χ1n) is 6.79. The lowest BCUT2D eigenvalue weighted by molar-refractivity contribution is -0.384. The molecular formula is C15H11ClFN3O5. The van der Waals surface area contributed by atoms with Crippen molar-refractivity contribution in [2.75, 3.05) is 6.61 Å². The molecule has 0 spiro atoms. The fourth-order valence-corrected chi connectivity index (χ4v) is 2.00. The van der Waals surface area contributed by atoms with Crippen molar-refractivity contribution in [1.82, 2.24) is 10.9 Å². The number of rotatable bonds is 5. The molecule has 0 fully saturated rings. The van der Waals surface area contributed by atoms with Crippen LogP contribution >= 0.6 is 11.6 Å². The van der Waals surface area contributed by atoms with Crippen LogP contribution in [0, 0.1) is 15.9 Å². The van der Waals surface area contributed by atoms with Crippen molar-refractivity contribution in [3.05, 3.63) is 69.0 Å². The lowest BCUT2D eigenvalue weighted by Gasteiger charge is -2.10. The molecule has 2 aromatic rings. The van der Waals surface area contributed by atoms with Crippen molar-refractivity contribution >= 4 is 29.1 Å². The Bertz CT molecular complexity index is 831. The van der Waals surface area contributed by atoms with E-state index in [0.717, 1.165) is 18.2 Å². The van der Waals surface area contributed by atoms with Crippen LogP contribution in [-0.4, -0.2) is 23.3 Å². The molecule has 0 bridgehead atoms. The maximum atomic E-state index is 13.3. The molecule has 2 rings (SSSR count). The number of nitrogens with one attached hydrogen (secondary N) is 2. The maximum Gasteiger partial charge on any atom is 0.276 e. The number of amides is 2. The van der Waals surface area contributed by atoms with E-state index in [4.69, 9.17) is 16.3 Å². The summed E-state index contributed by atoms with van der Waals surface area (Å²) in [5, 5.41) is 10.5. The van der Waals surface area contributed by atoms with Crippen molar-refractivity contribution in [1.29, 1.82) is 0 Å². The summed E-state index contributed by atoms with van der Waals surface area (Å²) in [6.07, 6.45) is 0. The fourth-order valence-electron chi connectivity index (χ4n) is 1.74. The molecule has 0 saturated carbocycles. The van der Waals surface area contributed by atoms with Gasteiger partial charge in [-0.3, -0.25) is 30.6 Å². The molecule has 0 aliphatic carbocycles. The van der Waals surface area contributed by atoms with Gasteiger partial charge in [0.15, 0.2) is 18.2 Å². The van der Waals surface area contributed by atoms with Gasteiger partial charge >= 0.3 is 0 Å². The topological polar surface area (TPSA) is 111 Å². The molecule has 2 amide bonds. The first-order chi connectivity index (χ1) is 11.9. The molecule has 25 heavy (non-hydrogen) atoms. The van der Waals surface area contributed by atoms with Gasteiger partial charge in [-0.2, -0.15) is 0 Å². The van der Waals surface area contributed by atoms with Gasteiger partial charge in [0, 0.05) is 12.1 Å². The number of ether oxygens (including phenoxy) is 1. The summed E-state index contributed by atoms with van der Waals surface area (Å²) < 4.78 is 18.3. The minimum atomic E-state index is -0.779. The summed E-state index contributed by atoms with van der Waals surface area (Å²) in [5.74, 6) is -2.26. The van der Waals surface area contributed by atoms with Crippen LogP contribution in [0.5, 0.6) is 5.75 Å². The van der Waals surface area contributed by atoms with Gasteiger partial charge in [-0.05, 0) is 18.2 Å². The van der Waals surface area contributed by atoms with Gasteiger partial charge in [0.1, 0.15) is 0 Å². The van der Waals surface area contributed by atoms with Crippen LogP contribution in [0.1, 0.15) is 10.4 Å². The highest BCUT2D eigenvalue weighted by atomic mass is 35.5. The average Bonchev–Trinajstić information content (AvgIpc) is 2.58. The average molecular weight is 368 g/mol. The van der Waals surface area contributed by atoms with Gasteiger partial charge in [-0.25, -0.2) is 4.39 Å². The van der Waals surface area contributed by atoms with E-state index in [9.17, 15) is 24.1 Å². The molecule has 0 unspecified atom stereocenters. The summed E-state index contributed by atoms with van der Waals surface area (Å²) in [4.78, 5) is 33.4. The molecule has 2 aromatic carbocycles. The van der Waals surface area contributed by atoms with Crippen LogP contribution in [0.15, 0.2) is 42.5 Å². The summed E-state index contributed by atoms with van der Waals surface area (Å²) in [5.41, 5.74) is 3.79. The third-order valence-corrected chi connectivity index (χ3v) is 3.23. The monoisotopic (exact) mass is 367 g/mol. The maximum absolute atomic E-state index is 13.3. The Morgan fingerprint density at radius 3 is 2.56 bits per heavy atom. The van der Waals surface area contributed by atoms with E-state index in [1.807, 2.05) is 0 Å². The Hall–Kier alpha value is -3.20. The quantitative estimate of drug-likeness (QED) is 0.622. The van der Waals surface area contributed by atoms with Gasteiger partial charge in [-0.15, -0.1) is 0 Å². The third kappa shape index (κ3) is 4.88. The van der Waals surface area contributed by atoms with E-state index in [1.165, 1.54) is 24.3 Å². The molecule has 0 radical (unpaired) electrons. The first kappa shape index (κ1) is 18.1. The van der Waals surface area contributed by atoms with Gasteiger partial charge in [0.05, 0.1) is 15.5 Å². The van der Waals surface area contributed by atoms with Gasteiger partial charge in [0.2, 0.25) is 0 Å². The Morgan fingerprint density at radius 2 is 1.92 bits per heavy atom. The zero-order valence-electron chi connectivity index (χ0n) is 12.5. The number of hydrogen-bond donors (Lipinski definition) is 2. The number of nitro groups is 1. The molecule has 8 nitrogen and oxygen atoms in total. The van der Waals surface area contributed by atoms with Crippen molar-refractivity contribution in [3.8, 4) is 5.75 Å². The third-order valence-electron chi connectivity index (χ3n) is 2.92. The smallest absolute Gasteiger partial charge is 0.276 e. The van der Waals surface area contributed by atoms with Crippen LogP contribution in [0.2, 0.25) is 5.02 Å². The number of halogens is 2. The van der Waals surface area contributed by atoms with Gasteiger partial charge in [-0.1, -0.05) is 23.7 Å². The van der Waals surface area contributed by atoms with Crippen LogP contribution in [0.4, 0.5) is 10.1 Å². The zero-order chi connectivity index (χ0) is 18.4. The number of carbonyl (C=O) groups is 2. The highest BCUT2D eigenvalue weighted by molar-refractivity contribution is 6.34. The fraction of sp³-hybridized carbons (Fsp3) is 0.0667. The van der Waals surface area contributed by atoms with Crippen molar-refractivity contribution in [2.24, 2.45) is 0 Å². The van der Waals surface area contributed by atoms with E-state index in [0.29, 0.717) is 0 Å². The zero-order valence-corrected chi connectivity index (χ0v) is 13.2. The van der Waals surface area contributed by atoms with Crippen LogP contribution in [0.3, 0.4) is 0 Å². The molecule has 0 atom stereocenters. The Kier molecular flexibility index (Phi) is 5.85. The molecule has 0 aliphatic heterocycles. The number of carbonyl (C=O) groups excluding carboxylic acids is 2. The normalized spacial score (nSPS) is 10.0. The molecular weight excluding hydrogens is 357 g/mol. The minimum Gasteiger partial charge on any atom is -0.481 e. The van der Waals surface area contributed by atoms with E-state index >= 15 is 0 Å². The number of benzene rings is 2. The van der Waals surface area contributed by atoms with Gasteiger partial charge < -0.3 is 4.74 Å². The van der Waals surface area contributed by atoms with Crippen molar-refractivity contribution < 1.29 is 23.6 Å². The van der Waals surface area contributed by atoms with Crippen molar-refractivity contribution in [2.45, 2.75) is 0 Å². The molecule has 0 saturated heterocycles. The van der Waals surface area contributed by atoms with Gasteiger partial charge in [0.25, 0.3) is 17.5 Å². The second-order valence-corrected chi connectivity index (χ2v) is 5.05. The lowest BCUT2D eigenvalue weighted by Crippen LogP contribution is -2.43. The lowest BCUT2D eigenvalue weighted by atomic mass is 10.2. The van der Waals surface area contributed by atoms with E-state index in [1.54, 1.807) is 0 Å². The summed E-state index contributed by atoms with van der Waals surface area (Å²) in [7, 11) is 0. The minimum absolute atomic E-state index is 0.0670. The Labute approximate surface area is 145 Å². The summed E-state index contributed by atoms with van der Waals surface area (Å²) in [6.45, 7) is -0.533. The van der Waals surface area contributed by atoms with Crippen molar-refractivity contribution in [3.63, 3.8) is 0 Å². The number of hydrogen-bond acceptors (Lipinski definition) is 5. The Balaban J connectivity index is 1.88. The van der Waals surface area contributed by atoms with Crippen LogP contribution in [0.25, 0.3) is 0 Å². The second-order valence-electron chi connectivity index (χ2n) is 4.64. The number of non-ortho nitro benzene ring substituents is 1.